The van der Waals surface area contributed by atoms with Crippen LogP contribution in [0.25, 0.3) is 11.5 Å². The number of aliphatic carboxylic acids is 1. The Kier molecular flexibility index (Phi) is 3.40. The van der Waals surface area contributed by atoms with Crippen molar-refractivity contribution in [2.75, 3.05) is 0 Å². The van der Waals surface area contributed by atoms with Crippen LogP contribution in [0.4, 0.5) is 4.39 Å². The fourth-order valence-corrected chi connectivity index (χ4v) is 2.84. The Balaban J connectivity index is 1.87. The van der Waals surface area contributed by atoms with Gasteiger partial charge in [-0.2, -0.15) is 4.98 Å². The number of halogens is 1. The first kappa shape index (κ1) is 13.7. The Morgan fingerprint density at radius 2 is 2.24 bits per heavy atom. The van der Waals surface area contributed by atoms with Crippen LogP contribution >= 0.6 is 0 Å². The summed E-state index contributed by atoms with van der Waals surface area (Å²) in [6.07, 6.45) is 2.38. The summed E-state index contributed by atoms with van der Waals surface area (Å²) in [5, 5.41) is 13.1. The summed E-state index contributed by atoms with van der Waals surface area (Å²) >= 11 is 0. The van der Waals surface area contributed by atoms with Gasteiger partial charge in [0, 0.05) is 0 Å². The van der Waals surface area contributed by atoms with Crippen LogP contribution in [0.1, 0.15) is 31.6 Å². The topological polar surface area (TPSA) is 89.1 Å². The standard InChI is InChI=1S/C14H14FN3O3/c1-7-4-9(10(5-7)14(19)20)13-17-12(18-21-13)11-3-2-8(15)6-16-11/h2-3,6-7,9-10H,4-5H2,1H3,(H,19,20). The SMILES string of the molecule is CC1CC(C(=O)O)C(c2nc(-c3ccc(F)cn3)no2)C1. The van der Waals surface area contributed by atoms with Gasteiger partial charge in [0.05, 0.1) is 18.0 Å². The molecule has 2 aromatic heterocycles. The van der Waals surface area contributed by atoms with Crippen LogP contribution in [0.5, 0.6) is 0 Å². The van der Waals surface area contributed by atoms with Crippen LogP contribution in [-0.2, 0) is 4.79 Å². The van der Waals surface area contributed by atoms with Gasteiger partial charge < -0.3 is 9.63 Å². The molecule has 1 fully saturated rings. The van der Waals surface area contributed by atoms with Crippen LogP contribution < -0.4 is 0 Å². The third-order valence-corrected chi connectivity index (χ3v) is 3.83. The Hall–Kier alpha value is -2.31. The first-order valence-electron chi connectivity index (χ1n) is 6.73. The fraction of sp³-hybridized carbons (Fsp3) is 0.429. The normalized spacial score (nSPS) is 25.1. The van der Waals surface area contributed by atoms with Crippen molar-refractivity contribution in [1.29, 1.82) is 0 Å². The molecule has 3 atom stereocenters. The summed E-state index contributed by atoms with van der Waals surface area (Å²) < 4.78 is 18.0. The highest BCUT2D eigenvalue weighted by molar-refractivity contribution is 5.71. The molecule has 0 bridgehead atoms. The monoisotopic (exact) mass is 291 g/mol. The van der Waals surface area contributed by atoms with Crippen LogP contribution in [0.2, 0.25) is 0 Å². The smallest absolute Gasteiger partial charge is 0.307 e. The van der Waals surface area contributed by atoms with E-state index in [1.165, 1.54) is 12.1 Å². The summed E-state index contributed by atoms with van der Waals surface area (Å²) in [6.45, 7) is 2.01. The van der Waals surface area contributed by atoms with Gasteiger partial charge >= 0.3 is 5.97 Å². The van der Waals surface area contributed by atoms with Crippen molar-refractivity contribution in [3.05, 3.63) is 30.0 Å². The van der Waals surface area contributed by atoms with E-state index in [0.29, 0.717) is 30.3 Å². The number of aromatic nitrogens is 3. The van der Waals surface area contributed by atoms with Gasteiger partial charge in [0.2, 0.25) is 11.7 Å². The molecular weight excluding hydrogens is 277 g/mol. The number of hydrogen-bond acceptors (Lipinski definition) is 5. The lowest BCUT2D eigenvalue weighted by atomic mass is 9.96. The van der Waals surface area contributed by atoms with E-state index in [-0.39, 0.29) is 11.7 Å². The number of carbonyl (C=O) groups is 1. The molecule has 1 aliphatic carbocycles. The molecule has 2 aromatic rings. The molecule has 1 saturated carbocycles. The second kappa shape index (κ2) is 5.23. The van der Waals surface area contributed by atoms with Crippen LogP contribution in [0.3, 0.4) is 0 Å². The molecule has 0 saturated heterocycles. The van der Waals surface area contributed by atoms with Crippen molar-refractivity contribution in [2.24, 2.45) is 11.8 Å². The minimum absolute atomic E-state index is 0.244. The molecule has 21 heavy (non-hydrogen) atoms. The summed E-state index contributed by atoms with van der Waals surface area (Å²) in [5.41, 5.74) is 0.393. The lowest BCUT2D eigenvalue weighted by molar-refractivity contribution is -0.142. The largest absolute Gasteiger partial charge is 0.481 e. The number of rotatable bonds is 3. The second-order valence-electron chi connectivity index (χ2n) is 5.45. The maximum Gasteiger partial charge on any atom is 0.307 e. The van der Waals surface area contributed by atoms with Crippen molar-refractivity contribution in [2.45, 2.75) is 25.7 Å². The van der Waals surface area contributed by atoms with Crippen molar-refractivity contribution in [3.63, 3.8) is 0 Å². The van der Waals surface area contributed by atoms with Crippen molar-refractivity contribution < 1.29 is 18.8 Å². The number of pyridine rings is 1. The van der Waals surface area contributed by atoms with Crippen LogP contribution in [-0.4, -0.2) is 26.2 Å². The highest BCUT2D eigenvalue weighted by Crippen LogP contribution is 2.42. The summed E-state index contributed by atoms with van der Waals surface area (Å²) in [4.78, 5) is 19.4. The average Bonchev–Trinajstić information content (AvgIpc) is 3.06. The van der Waals surface area contributed by atoms with Gasteiger partial charge in [-0.25, -0.2) is 9.37 Å². The molecule has 0 amide bonds. The third-order valence-electron chi connectivity index (χ3n) is 3.83. The molecule has 0 radical (unpaired) electrons. The maximum absolute atomic E-state index is 12.8. The molecule has 6 nitrogen and oxygen atoms in total. The zero-order valence-electron chi connectivity index (χ0n) is 11.4. The summed E-state index contributed by atoms with van der Waals surface area (Å²) in [7, 11) is 0. The van der Waals surface area contributed by atoms with Gasteiger partial charge in [-0.1, -0.05) is 12.1 Å². The highest BCUT2D eigenvalue weighted by Gasteiger charge is 2.41. The lowest BCUT2D eigenvalue weighted by Gasteiger charge is -2.09. The van der Waals surface area contributed by atoms with E-state index in [0.717, 1.165) is 6.20 Å². The van der Waals surface area contributed by atoms with Gasteiger partial charge in [-0.3, -0.25) is 4.79 Å². The predicted molar refractivity (Wildman–Crippen MR) is 69.8 cm³/mol. The molecule has 1 N–H and O–H groups in total. The van der Waals surface area contributed by atoms with Crippen molar-refractivity contribution >= 4 is 5.97 Å². The summed E-state index contributed by atoms with van der Waals surface area (Å²) in [6, 6.07) is 2.71. The number of nitrogens with zero attached hydrogens (tertiary/aromatic N) is 3. The molecule has 2 heterocycles. The fourth-order valence-electron chi connectivity index (χ4n) is 2.84. The Morgan fingerprint density at radius 3 is 2.90 bits per heavy atom. The molecule has 110 valence electrons. The van der Waals surface area contributed by atoms with Gasteiger partial charge in [0.25, 0.3) is 0 Å². The molecule has 0 spiro atoms. The molecule has 0 aromatic carbocycles. The Morgan fingerprint density at radius 1 is 1.43 bits per heavy atom. The maximum atomic E-state index is 12.8. The molecule has 7 heteroatoms. The Labute approximate surface area is 120 Å². The third kappa shape index (κ3) is 2.63. The van der Waals surface area contributed by atoms with E-state index in [2.05, 4.69) is 15.1 Å². The lowest BCUT2D eigenvalue weighted by Crippen LogP contribution is -2.17. The van der Waals surface area contributed by atoms with E-state index in [9.17, 15) is 14.3 Å². The molecule has 3 rings (SSSR count). The Bertz CT molecular complexity index is 656. The van der Waals surface area contributed by atoms with E-state index in [1.807, 2.05) is 6.92 Å². The molecule has 1 aliphatic rings. The first-order chi connectivity index (χ1) is 10.0. The highest BCUT2D eigenvalue weighted by atomic mass is 19.1. The van der Waals surface area contributed by atoms with Crippen LogP contribution in [0.15, 0.2) is 22.9 Å². The van der Waals surface area contributed by atoms with Crippen LogP contribution in [0, 0.1) is 17.7 Å². The van der Waals surface area contributed by atoms with E-state index in [4.69, 9.17) is 4.52 Å². The summed E-state index contributed by atoms with van der Waals surface area (Å²) in [5.74, 6) is -1.22. The molecule has 0 aliphatic heterocycles. The van der Waals surface area contributed by atoms with Gasteiger partial charge in [-0.15, -0.1) is 0 Å². The zero-order chi connectivity index (χ0) is 15.0. The number of carboxylic acid groups (broad SMARTS) is 1. The number of hydrogen-bond donors (Lipinski definition) is 1. The average molecular weight is 291 g/mol. The minimum atomic E-state index is -0.844. The minimum Gasteiger partial charge on any atom is -0.481 e. The van der Waals surface area contributed by atoms with Gasteiger partial charge in [0.1, 0.15) is 11.5 Å². The van der Waals surface area contributed by atoms with Crippen molar-refractivity contribution in [1.82, 2.24) is 15.1 Å². The second-order valence-corrected chi connectivity index (χ2v) is 5.45. The van der Waals surface area contributed by atoms with Gasteiger partial charge in [0.15, 0.2) is 0 Å². The quantitative estimate of drug-likeness (QED) is 0.934. The van der Waals surface area contributed by atoms with E-state index < -0.39 is 17.7 Å². The van der Waals surface area contributed by atoms with E-state index in [1.54, 1.807) is 0 Å². The van der Waals surface area contributed by atoms with Crippen molar-refractivity contribution in [3.8, 4) is 11.5 Å². The predicted octanol–water partition coefficient (Wildman–Crippen LogP) is 2.49. The number of carboxylic acids is 1. The molecular formula is C14H14FN3O3. The van der Waals surface area contributed by atoms with Gasteiger partial charge in [-0.05, 0) is 30.9 Å². The zero-order valence-corrected chi connectivity index (χ0v) is 11.4. The first-order valence-corrected chi connectivity index (χ1v) is 6.73. The van der Waals surface area contributed by atoms with E-state index >= 15 is 0 Å². The molecule has 3 unspecified atom stereocenters.